The van der Waals surface area contributed by atoms with E-state index >= 15 is 0 Å². The average Bonchev–Trinajstić information content (AvgIpc) is 3.07. The summed E-state index contributed by atoms with van der Waals surface area (Å²) < 4.78 is 6.53. The highest BCUT2D eigenvalue weighted by Gasteiger charge is 2.23. The van der Waals surface area contributed by atoms with Gasteiger partial charge in [0, 0.05) is 10.6 Å². The van der Waals surface area contributed by atoms with Crippen LogP contribution < -0.4 is 15.6 Å². The van der Waals surface area contributed by atoms with Crippen molar-refractivity contribution in [3.05, 3.63) is 50.3 Å². The maximum absolute atomic E-state index is 13.1. The fourth-order valence-electron chi connectivity index (χ4n) is 3.55. The van der Waals surface area contributed by atoms with Gasteiger partial charge in [0.25, 0.3) is 5.56 Å². The zero-order valence-corrected chi connectivity index (χ0v) is 17.2. The second kappa shape index (κ2) is 7.56. The number of amides is 1. The molecule has 1 N–H and O–H groups in total. The van der Waals surface area contributed by atoms with Crippen LogP contribution in [0.1, 0.15) is 36.2 Å². The predicted octanol–water partition coefficient (Wildman–Crippen LogP) is 4.20. The molecule has 0 aliphatic heterocycles. The minimum Gasteiger partial charge on any atom is -0.495 e. The fraction of sp³-hybridized carbons (Fsp3) is 0.350. The van der Waals surface area contributed by atoms with Crippen LogP contribution in [0.4, 0.5) is 5.69 Å². The van der Waals surface area contributed by atoms with Crippen molar-refractivity contribution in [2.24, 2.45) is 0 Å². The molecule has 3 aromatic rings. The highest BCUT2D eigenvalue weighted by molar-refractivity contribution is 7.18. The van der Waals surface area contributed by atoms with Gasteiger partial charge in [0.2, 0.25) is 5.91 Å². The molecule has 2 aromatic heterocycles. The van der Waals surface area contributed by atoms with Crippen LogP contribution in [0.25, 0.3) is 10.2 Å². The number of methoxy groups -OCH3 is 1. The number of hydrogen-bond acceptors (Lipinski definition) is 5. The molecule has 0 saturated heterocycles. The molecule has 0 spiro atoms. The molecule has 8 heteroatoms. The van der Waals surface area contributed by atoms with Crippen molar-refractivity contribution >= 4 is 44.7 Å². The van der Waals surface area contributed by atoms with E-state index in [4.69, 9.17) is 16.3 Å². The lowest BCUT2D eigenvalue weighted by Gasteiger charge is -2.16. The largest absolute Gasteiger partial charge is 0.495 e. The summed E-state index contributed by atoms with van der Waals surface area (Å²) in [6.07, 6.45) is 5.61. The highest BCUT2D eigenvalue weighted by Crippen LogP contribution is 2.33. The maximum atomic E-state index is 13.1. The molecular weight excluding hydrogens is 398 g/mol. The van der Waals surface area contributed by atoms with Gasteiger partial charge in [0.1, 0.15) is 16.6 Å². The van der Waals surface area contributed by atoms with Crippen molar-refractivity contribution < 1.29 is 9.53 Å². The molecule has 0 bridgehead atoms. The first-order valence-electron chi connectivity index (χ1n) is 9.15. The Hall–Kier alpha value is -2.38. The number of rotatable bonds is 4. The van der Waals surface area contributed by atoms with E-state index in [0.717, 1.165) is 36.1 Å². The van der Waals surface area contributed by atoms with Crippen molar-refractivity contribution in [2.75, 3.05) is 12.4 Å². The summed E-state index contributed by atoms with van der Waals surface area (Å²) in [6.45, 7) is 1.69. The molecule has 6 nitrogen and oxygen atoms in total. The molecule has 4 rings (SSSR count). The summed E-state index contributed by atoms with van der Waals surface area (Å²) in [5.74, 6) is 0.217. The van der Waals surface area contributed by atoms with Gasteiger partial charge in [-0.15, -0.1) is 11.3 Å². The number of ether oxygens (including phenoxy) is 1. The molecular formula is C20H20ClN3O3S. The molecule has 1 atom stereocenters. The van der Waals surface area contributed by atoms with Crippen molar-refractivity contribution in [1.29, 1.82) is 0 Å². The zero-order chi connectivity index (χ0) is 19.8. The highest BCUT2D eigenvalue weighted by atomic mass is 35.5. The van der Waals surface area contributed by atoms with Gasteiger partial charge in [-0.3, -0.25) is 14.2 Å². The van der Waals surface area contributed by atoms with Crippen LogP contribution in [0.2, 0.25) is 5.02 Å². The number of fused-ring (bicyclic) bond motifs is 3. The van der Waals surface area contributed by atoms with Crippen LogP contribution in [0.5, 0.6) is 5.75 Å². The van der Waals surface area contributed by atoms with E-state index in [1.54, 1.807) is 36.5 Å². The van der Waals surface area contributed by atoms with Crippen LogP contribution in [-0.2, 0) is 17.6 Å². The summed E-state index contributed by atoms with van der Waals surface area (Å²) in [4.78, 5) is 32.3. The molecule has 0 fully saturated rings. The summed E-state index contributed by atoms with van der Waals surface area (Å²) in [5.41, 5.74) is 1.50. The molecule has 28 heavy (non-hydrogen) atoms. The molecule has 0 unspecified atom stereocenters. The number of aryl methyl sites for hydroxylation is 2. The van der Waals surface area contributed by atoms with Gasteiger partial charge in [0.05, 0.1) is 23.8 Å². The number of hydrogen-bond donors (Lipinski definition) is 1. The Morgan fingerprint density at radius 2 is 2.14 bits per heavy atom. The Labute approximate surface area is 171 Å². The Kier molecular flexibility index (Phi) is 5.12. The van der Waals surface area contributed by atoms with Gasteiger partial charge in [-0.1, -0.05) is 11.6 Å². The maximum Gasteiger partial charge on any atom is 0.263 e. The number of aromatic nitrogens is 2. The second-order valence-electron chi connectivity index (χ2n) is 6.86. The van der Waals surface area contributed by atoms with Gasteiger partial charge in [0.15, 0.2) is 0 Å². The molecule has 0 saturated carbocycles. The number of halogens is 1. The first-order chi connectivity index (χ1) is 13.5. The average molecular weight is 418 g/mol. The molecule has 1 aliphatic rings. The number of anilines is 1. The molecule has 1 amide bonds. The number of carbonyl (C=O) groups is 1. The van der Waals surface area contributed by atoms with Crippen LogP contribution in [0.15, 0.2) is 29.3 Å². The number of nitrogens with zero attached hydrogens (tertiary/aromatic N) is 2. The topological polar surface area (TPSA) is 73.2 Å². The molecule has 0 radical (unpaired) electrons. The molecule has 1 aromatic carbocycles. The van der Waals surface area contributed by atoms with E-state index in [1.165, 1.54) is 22.9 Å². The Morgan fingerprint density at radius 3 is 2.89 bits per heavy atom. The first-order valence-corrected chi connectivity index (χ1v) is 10.3. The number of nitrogens with one attached hydrogen (secondary N) is 1. The van der Waals surface area contributed by atoms with Crippen molar-refractivity contribution in [2.45, 2.75) is 38.6 Å². The smallest absolute Gasteiger partial charge is 0.263 e. The molecule has 1 aliphatic carbocycles. The fourth-order valence-corrected chi connectivity index (χ4v) is 5.03. The predicted molar refractivity (Wildman–Crippen MR) is 112 cm³/mol. The lowest BCUT2D eigenvalue weighted by Crippen LogP contribution is -2.32. The summed E-state index contributed by atoms with van der Waals surface area (Å²) in [5, 5.41) is 3.88. The minimum absolute atomic E-state index is 0.153. The van der Waals surface area contributed by atoms with Gasteiger partial charge in [-0.25, -0.2) is 4.98 Å². The Bertz CT molecular complexity index is 1120. The molecule has 2 heterocycles. The summed E-state index contributed by atoms with van der Waals surface area (Å²) >= 11 is 7.71. The van der Waals surface area contributed by atoms with Gasteiger partial charge >= 0.3 is 0 Å². The van der Waals surface area contributed by atoms with E-state index in [9.17, 15) is 9.59 Å². The van der Waals surface area contributed by atoms with E-state index in [-0.39, 0.29) is 11.5 Å². The number of carbonyl (C=O) groups excluding carboxylic acids is 1. The number of thiophene rings is 1. The van der Waals surface area contributed by atoms with Gasteiger partial charge in [-0.2, -0.15) is 0 Å². The van der Waals surface area contributed by atoms with E-state index in [2.05, 4.69) is 10.3 Å². The van der Waals surface area contributed by atoms with Crippen LogP contribution in [-0.4, -0.2) is 22.6 Å². The monoisotopic (exact) mass is 417 g/mol. The van der Waals surface area contributed by atoms with Crippen LogP contribution in [0, 0.1) is 0 Å². The van der Waals surface area contributed by atoms with Crippen molar-refractivity contribution in [3.8, 4) is 5.75 Å². The summed E-state index contributed by atoms with van der Waals surface area (Å²) in [6, 6.07) is 4.30. The van der Waals surface area contributed by atoms with E-state index in [0.29, 0.717) is 21.8 Å². The Balaban J connectivity index is 1.64. The van der Waals surface area contributed by atoms with Crippen molar-refractivity contribution in [1.82, 2.24) is 9.55 Å². The molecule has 146 valence electrons. The van der Waals surface area contributed by atoms with Crippen LogP contribution >= 0.6 is 22.9 Å². The van der Waals surface area contributed by atoms with Gasteiger partial charge < -0.3 is 10.1 Å². The third-order valence-corrected chi connectivity index (χ3v) is 6.61. The first kappa shape index (κ1) is 19.0. The number of benzene rings is 1. The lowest BCUT2D eigenvalue weighted by molar-refractivity contribution is -0.118. The van der Waals surface area contributed by atoms with E-state index in [1.807, 2.05) is 0 Å². The lowest BCUT2D eigenvalue weighted by atomic mass is 9.97. The van der Waals surface area contributed by atoms with E-state index < -0.39 is 6.04 Å². The third-order valence-electron chi connectivity index (χ3n) is 5.12. The standard InChI is InChI=1S/C20H20ClN3O3S/c1-11(18(25)23-12-7-8-15(27-2)14(21)9-12)24-10-22-19-17(20(24)26)13-5-3-4-6-16(13)28-19/h7-11H,3-6H2,1-2H3,(H,23,25)/t11-/m1/s1. The minimum atomic E-state index is -0.704. The second-order valence-corrected chi connectivity index (χ2v) is 8.35. The summed E-state index contributed by atoms with van der Waals surface area (Å²) in [7, 11) is 1.53. The normalized spacial score (nSPS) is 14.5. The van der Waals surface area contributed by atoms with Crippen LogP contribution in [0.3, 0.4) is 0 Å². The third kappa shape index (κ3) is 3.29. The zero-order valence-electron chi connectivity index (χ0n) is 15.6. The Morgan fingerprint density at radius 1 is 1.36 bits per heavy atom. The quantitative estimate of drug-likeness (QED) is 0.690. The van der Waals surface area contributed by atoms with Gasteiger partial charge in [-0.05, 0) is 56.4 Å². The SMILES string of the molecule is COc1ccc(NC(=O)[C@@H](C)n2cnc3sc4c(c3c2=O)CCCC4)cc1Cl. The van der Waals surface area contributed by atoms with Crippen molar-refractivity contribution in [3.63, 3.8) is 0 Å².